The zero-order valence-electron chi connectivity index (χ0n) is 24.2. The largest absolute Gasteiger partial charge is 0.459 e. The van der Waals surface area contributed by atoms with Crippen molar-refractivity contribution in [2.24, 2.45) is 0 Å². The van der Waals surface area contributed by atoms with E-state index in [9.17, 15) is 19.2 Å². The molecule has 0 bridgehead atoms. The van der Waals surface area contributed by atoms with Gasteiger partial charge in [-0.1, -0.05) is 24.3 Å². The van der Waals surface area contributed by atoms with Crippen molar-refractivity contribution in [2.75, 3.05) is 49.2 Å². The van der Waals surface area contributed by atoms with Crippen LogP contribution in [0, 0.1) is 0 Å². The highest BCUT2D eigenvalue weighted by Crippen LogP contribution is 2.19. The summed E-state index contributed by atoms with van der Waals surface area (Å²) in [5.41, 5.74) is 0.460. The predicted octanol–water partition coefficient (Wildman–Crippen LogP) is 3.13. The van der Waals surface area contributed by atoms with Gasteiger partial charge < -0.3 is 28.7 Å². The van der Waals surface area contributed by atoms with E-state index in [0.717, 1.165) is 0 Å². The first-order valence-corrected chi connectivity index (χ1v) is 13.6. The molecule has 0 unspecified atom stereocenters. The van der Waals surface area contributed by atoms with Crippen LogP contribution in [0.2, 0.25) is 0 Å². The van der Waals surface area contributed by atoms with Crippen molar-refractivity contribution in [3.05, 3.63) is 72.1 Å². The molecule has 3 heterocycles. The summed E-state index contributed by atoms with van der Waals surface area (Å²) in [5.74, 6) is -1.16. The quantitative estimate of drug-likeness (QED) is 0.207. The fourth-order valence-corrected chi connectivity index (χ4v) is 3.79. The molecule has 0 aromatic carbocycles. The molecule has 42 heavy (non-hydrogen) atoms. The SMILES string of the molecule is C/C=C/COC(=O)[C@H](C)OC(=O)c1ccc(N2CCN(c3ccc(C(=O)O[C@@H](C)C(=O)OC/C=C/C)cn3)CC2)nc1. The third-order valence-corrected chi connectivity index (χ3v) is 6.24. The van der Waals surface area contributed by atoms with Gasteiger partial charge in [0.05, 0.1) is 11.1 Å². The number of hydrogen-bond acceptors (Lipinski definition) is 12. The molecule has 12 nitrogen and oxygen atoms in total. The summed E-state index contributed by atoms with van der Waals surface area (Å²) in [5, 5.41) is 0. The summed E-state index contributed by atoms with van der Waals surface area (Å²) in [6, 6.07) is 6.68. The van der Waals surface area contributed by atoms with Crippen LogP contribution in [0.3, 0.4) is 0 Å². The zero-order valence-corrected chi connectivity index (χ0v) is 24.2. The Bertz CT molecular complexity index is 1170. The van der Waals surface area contributed by atoms with Crippen LogP contribution in [0.25, 0.3) is 0 Å². The predicted molar refractivity (Wildman–Crippen MR) is 154 cm³/mol. The molecule has 1 aliphatic rings. The first-order chi connectivity index (χ1) is 20.2. The summed E-state index contributed by atoms with van der Waals surface area (Å²) in [7, 11) is 0. The number of aromatic nitrogens is 2. The molecular weight excluding hydrogens is 544 g/mol. The van der Waals surface area contributed by atoms with Crippen LogP contribution in [-0.2, 0) is 28.5 Å². The fourth-order valence-electron chi connectivity index (χ4n) is 3.79. The van der Waals surface area contributed by atoms with Crippen LogP contribution in [-0.4, -0.2) is 85.4 Å². The molecule has 0 N–H and O–H groups in total. The number of allylic oxidation sites excluding steroid dienone is 2. The highest BCUT2D eigenvalue weighted by Gasteiger charge is 2.23. The normalized spacial score (nSPS) is 14.9. The standard InChI is InChI=1S/C30H36N4O8/c1-5-7-17-39-27(35)21(3)41-29(37)23-9-11-25(31-19-23)33-13-15-34(16-14-33)26-12-10-24(20-32-26)30(38)42-22(4)28(36)40-18-8-6-2/h5-12,19-22H,13-18H2,1-4H3/b7-5+,8-6+/t21-,22-/m0/s1. The van der Waals surface area contributed by atoms with Crippen LogP contribution < -0.4 is 9.80 Å². The number of nitrogens with zero attached hydrogens (tertiary/aromatic N) is 4. The molecule has 3 rings (SSSR count). The lowest BCUT2D eigenvalue weighted by molar-refractivity contribution is -0.152. The Morgan fingerprint density at radius 3 is 1.40 bits per heavy atom. The molecule has 1 saturated heterocycles. The van der Waals surface area contributed by atoms with Crippen molar-refractivity contribution in [1.82, 2.24) is 9.97 Å². The van der Waals surface area contributed by atoms with Gasteiger partial charge in [0, 0.05) is 38.6 Å². The Morgan fingerprint density at radius 2 is 1.10 bits per heavy atom. The Hall–Kier alpha value is -4.74. The Morgan fingerprint density at radius 1 is 0.714 bits per heavy atom. The van der Waals surface area contributed by atoms with E-state index >= 15 is 0 Å². The van der Waals surface area contributed by atoms with Gasteiger partial charge in [0.15, 0.2) is 12.2 Å². The summed E-state index contributed by atoms with van der Waals surface area (Å²) in [4.78, 5) is 61.6. The van der Waals surface area contributed by atoms with E-state index in [0.29, 0.717) is 37.8 Å². The van der Waals surface area contributed by atoms with Crippen LogP contribution in [0.15, 0.2) is 61.0 Å². The van der Waals surface area contributed by atoms with Gasteiger partial charge in [-0.25, -0.2) is 29.1 Å². The Kier molecular flexibility index (Phi) is 12.0. The fraction of sp³-hybridized carbons (Fsp3) is 0.400. The molecule has 2 atom stereocenters. The van der Waals surface area contributed by atoms with Crippen molar-refractivity contribution >= 4 is 35.5 Å². The second kappa shape index (κ2) is 15.9. The van der Waals surface area contributed by atoms with E-state index in [1.54, 1.807) is 48.6 Å². The first-order valence-electron chi connectivity index (χ1n) is 13.6. The van der Waals surface area contributed by atoms with Gasteiger partial charge in [-0.3, -0.25) is 0 Å². The van der Waals surface area contributed by atoms with Gasteiger partial charge >= 0.3 is 23.9 Å². The third kappa shape index (κ3) is 9.15. The maximum atomic E-state index is 12.4. The Labute approximate surface area is 244 Å². The van der Waals surface area contributed by atoms with Gasteiger partial charge in [0.25, 0.3) is 0 Å². The molecule has 224 valence electrons. The second-order valence-corrected chi connectivity index (χ2v) is 9.28. The van der Waals surface area contributed by atoms with Gasteiger partial charge in [0.2, 0.25) is 0 Å². The average Bonchev–Trinajstić information content (AvgIpc) is 3.01. The average molecular weight is 581 g/mol. The van der Waals surface area contributed by atoms with Crippen molar-refractivity contribution < 1.29 is 38.1 Å². The number of pyridine rings is 2. The van der Waals surface area contributed by atoms with Crippen LogP contribution >= 0.6 is 0 Å². The molecule has 0 amide bonds. The smallest absolute Gasteiger partial charge is 0.347 e. The maximum absolute atomic E-state index is 12.4. The lowest BCUT2D eigenvalue weighted by atomic mass is 10.2. The monoisotopic (exact) mass is 580 g/mol. The van der Waals surface area contributed by atoms with Crippen molar-refractivity contribution in [1.29, 1.82) is 0 Å². The molecule has 2 aromatic heterocycles. The van der Waals surface area contributed by atoms with Gasteiger partial charge in [0.1, 0.15) is 24.8 Å². The van der Waals surface area contributed by atoms with E-state index in [1.165, 1.54) is 26.2 Å². The molecule has 0 saturated carbocycles. The molecule has 0 spiro atoms. The number of ether oxygens (including phenoxy) is 4. The minimum absolute atomic E-state index is 0.118. The second-order valence-electron chi connectivity index (χ2n) is 9.28. The lowest BCUT2D eigenvalue weighted by Gasteiger charge is -2.36. The van der Waals surface area contributed by atoms with E-state index in [-0.39, 0.29) is 24.3 Å². The molecule has 0 aliphatic carbocycles. The maximum Gasteiger partial charge on any atom is 0.347 e. The highest BCUT2D eigenvalue weighted by molar-refractivity contribution is 5.92. The summed E-state index contributed by atoms with van der Waals surface area (Å²) in [6.45, 7) is 9.40. The highest BCUT2D eigenvalue weighted by atomic mass is 16.6. The van der Waals surface area contributed by atoms with Crippen LogP contribution in [0.4, 0.5) is 11.6 Å². The lowest BCUT2D eigenvalue weighted by Crippen LogP contribution is -2.47. The minimum Gasteiger partial charge on any atom is -0.459 e. The van der Waals surface area contributed by atoms with Gasteiger partial charge in [-0.15, -0.1) is 0 Å². The summed E-state index contributed by atoms with van der Waals surface area (Å²) < 4.78 is 20.4. The van der Waals surface area contributed by atoms with E-state index in [4.69, 9.17) is 18.9 Å². The molecule has 1 aliphatic heterocycles. The number of piperazine rings is 1. The van der Waals surface area contributed by atoms with Crippen LogP contribution in [0.5, 0.6) is 0 Å². The molecule has 2 aromatic rings. The van der Waals surface area contributed by atoms with Gasteiger partial charge in [-0.05, 0) is 52.0 Å². The number of esters is 4. The number of anilines is 2. The van der Waals surface area contributed by atoms with Crippen LogP contribution in [0.1, 0.15) is 48.4 Å². The molecule has 0 radical (unpaired) electrons. The Balaban J connectivity index is 1.47. The summed E-state index contributed by atoms with van der Waals surface area (Å²) >= 11 is 0. The molecule has 12 heteroatoms. The van der Waals surface area contributed by atoms with Crippen molar-refractivity contribution in [3.8, 4) is 0 Å². The number of carbonyl (C=O) groups is 4. The molecule has 1 fully saturated rings. The van der Waals surface area contributed by atoms with E-state index < -0.39 is 36.1 Å². The van der Waals surface area contributed by atoms with E-state index in [2.05, 4.69) is 19.8 Å². The number of carbonyl (C=O) groups excluding carboxylic acids is 4. The van der Waals surface area contributed by atoms with Gasteiger partial charge in [-0.2, -0.15) is 0 Å². The van der Waals surface area contributed by atoms with Crippen molar-refractivity contribution in [2.45, 2.75) is 39.9 Å². The zero-order chi connectivity index (χ0) is 30.5. The summed E-state index contributed by atoms with van der Waals surface area (Å²) in [6.07, 6.45) is 7.63. The topological polar surface area (TPSA) is 137 Å². The van der Waals surface area contributed by atoms with E-state index in [1.807, 2.05) is 13.8 Å². The third-order valence-electron chi connectivity index (χ3n) is 6.24. The van der Waals surface area contributed by atoms with Crippen molar-refractivity contribution in [3.63, 3.8) is 0 Å². The first kappa shape index (κ1) is 31.8. The minimum atomic E-state index is -1.04. The molecular formula is C30H36N4O8. The number of hydrogen-bond donors (Lipinski definition) is 0. The number of rotatable bonds is 12.